The Bertz CT molecular complexity index is 456. The monoisotopic (exact) mass is 277 g/mol. The highest BCUT2D eigenvalue weighted by atomic mass is 32.2. The summed E-state index contributed by atoms with van der Waals surface area (Å²) in [5.41, 5.74) is 1.21. The Hall–Kier alpha value is -1.00. The number of benzene rings is 1. The van der Waals surface area contributed by atoms with Gasteiger partial charge in [-0.2, -0.15) is 0 Å². The minimum atomic E-state index is -0.688. The highest BCUT2D eigenvalue weighted by Gasteiger charge is 2.30. The van der Waals surface area contributed by atoms with Crippen molar-refractivity contribution in [3.8, 4) is 0 Å². The molecule has 3 rings (SSSR count). The van der Waals surface area contributed by atoms with Gasteiger partial charge in [-0.25, -0.2) is 0 Å². The summed E-state index contributed by atoms with van der Waals surface area (Å²) in [5.74, 6) is 1.25. The number of aliphatic carboxylic acids is 1. The molecule has 2 unspecified atom stereocenters. The summed E-state index contributed by atoms with van der Waals surface area (Å²) >= 11 is 1.93. The largest absolute Gasteiger partial charge is 0.481 e. The smallest absolute Gasteiger partial charge is 0.307 e. The Labute approximate surface area is 117 Å². The van der Waals surface area contributed by atoms with Gasteiger partial charge in [-0.3, -0.25) is 4.79 Å². The van der Waals surface area contributed by atoms with E-state index in [4.69, 9.17) is 5.11 Å². The van der Waals surface area contributed by atoms with E-state index in [1.807, 2.05) is 11.8 Å². The second-order valence-corrected chi connectivity index (χ2v) is 6.65. The molecule has 19 heavy (non-hydrogen) atoms. The average molecular weight is 277 g/mol. The van der Waals surface area contributed by atoms with Crippen LogP contribution in [0.4, 0.5) is 0 Å². The zero-order valence-corrected chi connectivity index (χ0v) is 11.7. The van der Waals surface area contributed by atoms with Crippen molar-refractivity contribution in [3.63, 3.8) is 0 Å². The van der Waals surface area contributed by atoms with Crippen LogP contribution in [-0.4, -0.2) is 23.4 Å². The molecule has 2 N–H and O–H groups in total. The lowest BCUT2D eigenvalue weighted by atomic mass is 10.0. The second-order valence-electron chi connectivity index (χ2n) is 5.56. The van der Waals surface area contributed by atoms with Gasteiger partial charge in [0, 0.05) is 23.2 Å². The molecule has 1 saturated carbocycles. The molecule has 0 spiro atoms. The Kier molecular flexibility index (Phi) is 3.80. The van der Waals surface area contributed by atoms with Crippen LogP contribution in [-0.2, 0) is 4.79 Å². The van der Waals surface area contributed by atoms with Crippen LogP contribution in [0.2, 0.25) is 0 Å². The fourth-order valence-electron chi connectivity index (χ4n) is 2.47. The predicted octanol–water partition coefficient (Wildman–Crippen LogP) is 2.92. The minimum Gasteiger partial charge on any atom is -0.481 e. The summed E-state index contributed by atoms with van der Waals surface area (Å²) in [5, 5.41) is 12.3. The summed E-state index contributed by atoms with van der Waals surface area (Å²) in [6.45, 7) is 0.582. The first-order valence-electron chi connectivity index (χ1n) is 6.91. The minimum absolute atomic E-state index is 0.198. The van der Waals surface area contributed by atoms with Gasteiger partial charge in [-0.05, 0) is 42.9 Å². The zero-order valence-electron chi connectivity index (χ0n) is 10.8. The van der Waals surface area contributed by atoms with Crippen molar-refractivity contribution in [3.05, 3.63) is 29.8 Å². The fraction of sp³-hybridized carbons (Fsp3) is 0.533. The lowest BCUT2D eigenvalue weighted by molar-refractivity contribution is -0.141. The number of hydrogen-bond donors (Lipinski definition) is 2. The van der Waals surface area contributed by atoms with Crippen LogP contribution >= 0.6 is 11.8 Å². The van der Waals surface area contributed by atoms with Gasteiger partial charge in [0.2, 0.25) is 0 Å². The molecular weight excluding hydrogens is 258 g/mol. The summed E-state index contributed by atoms with van der Waals surface area (Å²) in [4.78, 5) is 12.3. The Morgan fingerprint density at radius 1 is 1.32 bits per heavy atom. The third kappa shape index (κ3) is 3.31. The van der Waals surface area contributed by atoms with Crippen LogP contribution in [0.3, 0.4) is 0 Å². The quantitative estimate of drug-likeness (QED) is 0.813. The van der Waals surface area contributed by atoms with Crippen LogP contribution in [0.1, 0.15) is 30.9 Å². The van der Waals surface area contributed by atoms with E-state index in [0.29, 0.717) is 13.0 Å². The molecule has 3 nitrogen and oxygen atoms in total. The lowest BCUT2D eigenvalue weighted by Gasteiger charge is -2.11. The van der Waals surface area contributed by atoms with E-state index in [9.17, 15) is 4.79 Å². The van der Waals surface area contributed by atoms with Gasteiger partial charge < -0.3 is 10.4 Å². The lowest BCUT2D eigenvalue weighted by Crippen LogP contribution is -2.17. The van der Waals surface area contributed by atoms with Crippen LogP contribution in [0.25, 0.3) is 0 Å². The molecule has 4 heteroatoms. The van der Waals surface area contributed by atoms with Crippen molar-refractivity contribution in [2.24, 2.45) is 11.8 Å². The van der Waals surface area contributed by atoms with Crippen molar-refractivity contribution in [1.29, 1.82) is 0 Å². The molecule has 1 aliphatic carbocycles. The molecule has 0 amide bonds. The third-order valence-corrected chi connectivity index (χ3v) is 5.19. The molecule has 1 saturated heterocycles. The van der Waals surface area contributed by atoms with Gasteiger partial charge >= 0.3 is 5.97 Å². The first kappa shape index (κ1) is 13.0. The first-order valence-corrected chi connectivity index (χ1v) is 7.90. The second kappa shape index (κ2) is 5.55. The number of carboxylic acids is 1. The highest BCUT2D eigenvalue weighted by molar-refractivity contribution is 7.99. The number of carboxylic acid groups (broad SMARTS) is 1. The highest BCUT2D eigenvalue weighted by Crippen LogP contribution is 2.35. The summed E-state index contributed by atoms with van der Waals surface area (Å²) in [6, 6.07) is 8.80. The fourth-order valence-corrected chi connectivity index (χ4v) is 3.56. The first-order chi connectivity index (χ1) is 9.22. The Balaban J connectivity index is 1.57. The maximum Gasteiger partial charge on any atom is 0.307 e. The van der Waals surface area contributed by atoms with E-state index >= 15 is 0 Å². The summed E-state index contributed by atoms with van der Waals surface area (Å²) in [6.07, 6.45) is 3.49. The number of thioether (sulfide) groups is 1. The van der Waals surface area contributed by atoms with E-state index in [0.717, 1.165) is 5.92 Å². The molecule has 102 valence electrons. The molecule has 0 radical (unpaired) electrons. The van der Waals surface area contributed by atoms with E-state index in [-0.39, 0.29) is 12.0 Å². The molecule has 0 aromatic heterocycles. The van der Waals surface area contributed by atoms with Crippen molar-refractivity contribution >= 4 is 17.7 Å². The van der Waals surface area contributed by atoms with Crippen LogP contribution in [0, 0.1) is 11.8 Å². The van der Waals surface area contributed by atoms with Crippen LogP contribution in [0.5, 0.6) is 0 Å². The topological polar surface area (TPSA) is 49.3 Å². The number of carbonyl (C=O) groups is 1. The van der Waals surface area contributed by atoms with Crippen LogP contribution < -0.4 is 5.32 Å². The van der Waals surface area contributed by atoms with E-state index < -0.39 is 5.97 Å². The van der Waals surface area contributed by atoms with E-state index in [1.54, 1.807) is 0 Å². The van der Waals surface area contributed by atoms with Gasteiger partial charge in [0.05, 0.1) is 5.92 Å². The molecule has 2 fully saturated rings. The van der Waals surface area contributed by atoms with Gasteiger partial charge in [0.25, 0.3) is 0 Å². The summed E-state index contributed by atoms with van der Waals surface area (Å²) < 4.78 is 0. The zero-order chi connectivity index (χ0) is 13.2. The van der Waals surface area contributed by atoms with Gasteiger partial charge in [-0.15, -0.1) is 11.8 Å². The van der Waals surface area contributed by atoms with Gasteiger partial charge in [0.15, 0.2) is 0 Å². The van der Waals surface area contributed by atoms with Crippen molar-refractivity contribution in [2.75, 3.05) is 12.3 Å². The maximum atomic E-state index is 10.9. The van der Waals surface area contributed by atoms with Crippen LogP contribution in [0.15, 0.2) is 29.2 Å². The Morgan fingerprint density at radius 3 is 2.63 bits per heavy atom. The van der Waals surface area contributed by atoms with E-state index in [1.165, 1.54) is 29.1 Å². The number of hydrogen-bond acceptors (Lipinski definition) is 3. The third-order valence-electron chi connectivity index (χ3n) is 3.95. The van der Waals surface area contributed by atoms with Crippen molar-refractivity contribution in [1.82, 2.24) is 5.32 Å². The maximum absolute atomic E-state index is 10.9. The molecule has 1 aromatic rings. The standard InChI is InChI=1S/C15H19NO2S/c17-15(18)12-7-14(16-8-12)11-3-5-13(6-4-11)19-9-10-1-2-10/h3-6,10,12,14,16H,1-2,7-9H2,(H,17,18). The summed E-state index contributed by atoms with van der Waals surface area (Å²) in [7, 11) is 0. The molecular formula is C15H19NO2S. The van der Waals surface area contributed by atoms with E-state index in [2.05, 4.69) is 29.6 Å². The van der Waals surface area contributed by atoms with Crippen molar-refractivity contribution < 1.29 is 9.90 Å². The number of nitrogens with one attached hydrogen (secondary N) is 1. The number of rotatable bonds is 5. The Morgan fingerprint density at radius 2 is 2.05 bits per heavy atom. The molecule has 1 aromatic carbocycles. The normalized spacial score (nSPS) is 26.5. The van der Waals surface area contributed by atoms with Crippen molar-refractivity contribution in [2.45, 2.75) is 30.2 Å². The molecule has 2 atom stereocenters. The molecule has 1 aliphatic heterocycles. The average Bonchev–Trinajstić information content (AvgIpc) is 3.11. The molecule has 2 aliphatic rings. The van der Waals surface area contributed by atoms with Gasteiger partial charge in [-0.1, -0.05) is 12.1 Å². The van der Waals surface area contributed by atoms with Gasteiger partial charge in [0.1, 0.15) is 0 Å². The SMILES string of the molecule is O=C(O)C1CNC(c2ccc(SCC3CC3)cc2)C1. The molecule has 0 bridgehead atoms. The predicted molar refractivity (Wildman–Crippen MR) is 76.4 cm³/mol. The molecule has 1 heterocycles.